The Kier molecular flexibility index (Phi) is 8.46. The van der Waals surface area contributed by atoms with Gasteiger partial charge in [-0.15, -0.1) is 0 Å². The van der Waals surface area contributed by atoms with E-state index in [0.29, 0.717) is 23.9 Å². The van der Waals surface area contributed by atoms with Crippen LogP contribution >= 0.6 is 0 Å². The number of aryl methyl sites for hydroxylation is 1. The molecule has 0 spiro atoms. The molecule has 0 bridgehead atoms. The van der Waals surface area contributed by atoms with Crippen LogP contribution in [0.5, 0.6) is 5.75 Å². The number of nitrogens with zero attached hydrogens (tertiary/aromatic N) is 1. The van der Waals surface area contributed by atoms with Crippen molar-refractivity contribution in [1.29, 1.82) is 0 Å². The van der Waals surface area contributed by atoms with E-state index in [4.69, 9.17) is 9.94 Å². The SMILES string of the molecule is COc1ccc(C)cc1NC(=O)N[C@H](C(=O)N(CC(=O)NO)CC1CCC1)C(C)C. The summed E-state index contributed by atoms with van der Waals surface area (Å²) in [4.78, 5) is 38.9. The van der Waals surface area contributed by atoms with E-state index in [1.165, 1.54) is 12.0 Å². The van der Waals surface area contributed by atoms with Gasteiger partial charge in [0.15, 0.2) is 0 Å². The maximum absolute atomic E-state index is 13.2. The highest BCUT2D eigenvalue weighted by atomic mass is 16.5. The van der Waals surface area contributed by atoms with Crippen LogP contribution in [-0.2, 0) is 9.59 Å². The van der Waals surface area contributed by atoms with Crippen molar-refractivity contribution in [3.63, 3.8) is 0 Å². The Morgan fingerprint density at radius 1 is 1.27 bits per heavy atom. The lowest BCUT2D eigenvalue weighted by Crippen LogP contribution is -2.55. The summed E-state index contributed by atoms with van der Waals surface area (Å²) in [5.41, 5.74) is 3.02. The summed E-state index contributed by atoms with van der Waals surface area (Å²) in [7, 11) is 1.51. The first-order valence-corrected chi connectivity index (χ1v) is 10.2. The molecule has 4 N–H and O–H groups in total. The van der Waals surface area contributed by atoms with Crippen LogP contribution < -0.4 is 20.9 Å². The van der Waals surface area contributed by atoms with Gasteiger partial charge in [-0.2, -0.15) is 0 Å². The van der Waals surface area contributed by atoms with Gasteiger partial charge in [-0.25, -0.2) is 10.3 Å². The Hall–Kier alpha value is -2.81. The molecule has 9 nitrogen and oxygen atoms in total. The third-order valence-corrected chi connectivity index (χ3v) is 5.30. The molecule has 0 aliphatic heterocycles. The lowest BCUT2D eigenvalue weighted by atomic mass is 9.85. The zero-order chi connectivity index (χ0) is 22.3. The van der Waals surface area contributed by atoms with Crippen LogP contribution in [0.3, 0.4) is 0 Å². The van der Waals surface area contributed by atoms with E-state index < -0.39 is 18.0 Å². The minimum Gasteiger partial charge on any atom is -0.495 e. The Morgan fingerprint density at radius 2 is 1.97 bits per heavy atom. The quantitative estimate of drug-likeness (QED) is 0.361. The Labute approximate surface area is 177 Å². The number of methoxy groups -OCH3 is 1. The molecular formula is C21H32N4O5. The average molecular weight is 421 g/mol. The van der Waals surface area contributed by atoms with Crippen LogP contribution in [0.15, 0.2) is 18.2 Å². The van der Waals surface area contributed by atoms with E-state index >= 15 is 0 Å². The second-order valence-corrected chi connectivity index (χ2v) is 8.07. The number of anilines is 1. The molecular weight excluding hydrogens is 388 g/mol. The first-order chi connectivity index (χ1) is 14.2. The summed E-state index contributed by atoms with van der Waals surface area (Å²) >= 11 is 0. The normalized spacial score (nSPS) is 14.5. The van der Waals surface area contributed by atoms with E-state index in [-0.39, 0.29) is 18.4 Å². The van der Waals surface area contributed by atoms with Gasteiger partial charge in [0.1, 0.15) is 18.3 Å². The zero-order valence-corrected chi connectivity index (χ0v) is 18.0. The molecule has 0 aromatic heterocycles. The second-order valence-electron chi connectivity index (χ2n) is 8.07. The lowest BCUT2D eigenvalue weighted by molar-refractivity contribution is -0.142. The van der Waals surface area contributed by atoms with Crippen LogP contribution in [0.1, 0.15) is 38.7 Å². The van der Waals surface area contributed by atoms with Gasteiger partial charge >= 0.3 is 6.03 Å². The van der Waals surface area contributed by atoms with Crippen molar-refractivity contribution < 1.29 is 24.3 Å². The van der Waals surface area contributed by atoms with Crippen LogP contribution in [0.2, 0.25) is 0 Å². The van der Waals surface area contributed by atoms with Crippen LogP contribution in [0.4, 0.5) is 10.5 Å². The smallest absolute Gasteiger partial charge is 0.320 e. The van der Waals surface area contributed by atoms with Gasteiger partial charge in [-0.3, -0.25) is 14.8 Å². The number of ether oxygens (including phenoxy) is 1. The number of nitrogens with one attached hydrogen (secondary N) is 3. The maximum atomic E-state index is 13.2. The van der Waals surface area contributed by atoms with Crippen LogP contribution in [0, 0.1) is 18.8 Å². The molecule has 1 atom stereocenters. The molecule has 2 rings (SSSR count). The largest absolute Gasteiger partial charge is 0.495 e. The van der Waals surface area contributed by atoms with Crippen molar-refractivity contribution in [2.45, 2.75) is 46.1 Å². The summed E-state index contributed by atoms with van der Waals surface area (Å²) in [6, 6.07) is 4.03. The number of amides is 4. The van der Waals surface area contributed by atoms with Crippen molar-refractivity contribution in [2.24, 2.45) is 11.8 Å². The fourth-order valence-electron chi connectivity index (χ4n) is 3.36. The molecule has 1 aromatic carbocycles. The van der Waals surface area contributed by atoms with Crippen LogP contribution in [0.25, 0.3) is 0 Å². The summed E-state index contributed by atoms with van der Waals surface area (Å²) in [5, 5.41) is 14.3. The molecule has 1 fully saturated rings. The average Bonchev–Trinajstić information content (AvgIpc) is 2.67. The molecule has 30 heavy (non-hydrogen) atoms. The van der Waals surface area contributed by atoms with E-state index in [1.54, 1.807) is 17.6 Å². The second kappa shape index (κ2) is 10.8. The lowest BCUT2D eigenvalue weighted by Gasteiger charge is -2.35. The van der Waals surface area contributed by atoms with Crippen LogP contribution in [-0.4, -0.2) is 54.2 Å². The first kappa shape index (κ1) is 23.5. The number of carbonyl (C=O) groups excluding carboxylic acids is 3. The number of hydrogen-bond acceptors (Lipinski definition) is 5. The van der Waals surface area contributed by atoms with Gasteiger partial charge < -0.3 is 20.3 Å². The fourth-order valence-corrected chi connectivity index (χ4v) is 3.36. The van der Waals surface area contributed by atoms with E-state index in [2.05, 4.69) is 10.6 Å². The minimum atomic E-state index is -0.827. The molecule has 1 aliphatic rings. The standard InChI is InChI=1S/C21H32N4O5/c1-13(2)19(20(27)25(12-18(26)24-29)11-15-6-5-7-15)23-21(28)22-16-10-14(3)8-9-17(16)30-4/h8-10,13,15,19,29H,5-7,11-12H2,1-4H3,(H,24,26)(H2,22,23,28)/t19-/m0/s1. The summed E-state index contributed by atoms with van der Waals surface area (Å²) in [6.07, 6.45) is 3.10. The predicted octanol–water partition coefficient (Wildman–Crippen LogP) is 2.28. The van der Waals surface area contributed by atoms with Gasteiger partial charge in [0.05, 0.1) is 12.8 Å². The van der Waals surface area contributed by atoms with Crippen molar-refractivity contribution in [3.8, 4) is 5.75 Å². The number of urea groups is 1. The fraction of sp³-hybridized carbons (Fsp3) is 0.571. The topological polar surface area (TPSA) is 120 Å². The van der Waals surface area contributed by atoms with Crippen molar-refractivity contribution in [2.75, 3.05) is 25.5 Å². The van der Waals surface area contributed by atoms with Gasteiger partial charge in [0, 0.05) is 6.54 Å². The molecule has 1 aromatic rings. The maximum Gasteiger partial charge on any atom is 0.320 e. The highest BCUT2D eigenvalue weighted by Crippen LogP contribution is 2.28. The van der Waals surface area contributed by atoms with Crippen molar-refractivity contribution in [1.82, 2.24) is 15.7 Å². The molecule has 0 radical (unpaired) electrons. The number of carbonyl (C=O) groups is 3. The number of benzene rings is 1. The van der Waals surface area contributed by atoms with E-state index in [1.807, 2.05) is 26.8 Å². The zero-order valence-electron chi connectivity index (χ0n) is 18.0. The molecule has 1 aliphatic carbocycles. The Bertz CT molecular complexity index is 764. The predicted molar refractivity (Wildman–Crippen MR) is 112 cm³/mol. The molecule has 166 valence electrons. The molecule has 0 heterocycles. The molecule has 0 unspecified atom stereocenters. The van der Waals surface area contributed by atoms with Gasteiger partial charge in [0.25, 0.3) is 5.91 Å². The van der Waals surface area contributed by atoms with Crippen molar-refractivity contribution >= 4 is 23.5 Å². The number of rotatable bonds is 9. The van der Waals surface area contributed by atoms with Gasteiger partial charge in [0.2, 0.25) is 5.91 Å². The Morgan fingerprint density at radius 3 is 2.50 bits per heavy atom. The number of hydrogen-bond donors (Lipinski definition) is 4. The van der Waals surface area contributed by atoms with Gasteiger partial charge in [-0.05, 0) is 49.3 Å². The molecule has 0 saturated heterocycles. The minimum absolute atomic E-state index is 0.205. The third kappa shape index (κ3) is 6.35. The van der Waals surface area contributed by atoms with Gasteiger partial charge in [-0.1, -0.05) is 26.3 Å². The van der Waals surface area contributed by atoms with Crippen molar-refractivity contribution in [3.05, 3.63) is 23.8 Å². The summed E-state index contributed by atoms with van der Waals surface area (Å²) < 4.78 is 5.27. The number of hydroxylamine groups is 1. The monoisotopic (exact) mass is 420 g/mol. The molecule has 9 heteroatoms. The molecule has 4 amide bonds. The van der Waals surface area contributed by atoms with E-state index in [9.17, 15) is 14.4 Å². The summed E-state index contributed by atoms with van der Waals surface area (Å²) in [6.45, 7) is 5.70. The van der Waals surface area contributed by atoms with E-state index in [0.717, 1.165) is 24.8 Å². The Balaban J connectivity index is 2.11. The highest BCUT2D eigenvalue weighted by Gasteiger charge is 2.32. The highest BCUT2D eigenvalue weighted by molar-refractivity contribution is 5.95. The molecule has 1 saturated carbocycles. The third-order valence-electron chi connectivity index (χ3n) is 5.30. The first-order valence-electron chi connectivity index (χ1n) is 10.2. The summed E-state index contributed by atoms with van der Waals surface area (Å²) in [5.74, 6) is -0.386.